The van der Waals surface area contributed by atoms with Crippen LogP contribution in [-0.4, -0.2) is 47.1 Å². The molecule has 0 unspecified atom stereocenters. The van der Waals surface area contributed by atoms with Crippen molar-refractivity contribution in [3.8, 4) is 0 Å². The maximum Gasteiger partial charge on any atom is 0.227 e. The van der Waals surface area contributed by atoms with Gasteiger partial charge in [0.15, 0.2) is 0 Å². The van der Waals surface area contributed by atoms with Gasteiger partial charge in [0.2, 0.25) is 11.9 Å². The highest BCUT2D eigenvalue weighted by molar-refractivity contribution is 9.10. The third-order valence-corrected chi connectivity index (χ3v) is 5.34. The maximum absolute atomic E-state index is 14.2. The number of carbonyl (C=O) groups excluding carboxylic acids is 1. The molecule has 2 heterocycles. The monoisotopic (exact) mass is 473 g/mol. The summed E-state index contributed by atoms with van der Waals surface area (Å²) in [6.07, 6.45) is 1.46. The summed E-state index contributed by atoms with van der Waals surface area (Å²) in [7, 11) is 0. The van der Waals surface area contributed by atoms with Gasteiger partial charge in [0, 0.05) is 44.1 Å². The number of ether oxygens (including phenoxy) is 1. The van der Waals surface area contributed by atoms with Gasteiger partial charge in [0.05, 0.1) is 28.6 Å². The molecule has 1 amide bonds. The molecule has 1 aliphatic heterocycles. The molecule has 2 N–H and O–H groups in total. The summed E-state index contributed by atoms with van der Waals surface area (Å²) >= 11 is 3.17. The van der Waals surface area contributed by atoms with Gasteiger partial charge in [-0.05, 0) is 51.8 Å². The predicted molar refractivity (Wildman–Crippen MR) is 117 cm³/mol. The van der Waals surface area contributed by atoms with E-state index in [0.717, 1.165) is 30.9 Å². The van der Waals surface area contributed by atoms with Gasteiger partial charge in [-0.1, -0.05) is 0 Å². The van der Waals surface area contributed by atoms with E-state index in [2.05, 4.69) is 41.4 Å². The van der Waals surface area contributed by atoms with Crippen LogP contribution in [-0.2, 0) is 16.1 Å². The predicted octanol–water partition coefficient (Wildman–Crippen LogP) is 4.07. The smallest absolute Gasteiger partial charge is 0.227 e. The van der Waals surface area contributed by atoms with E-state index in [1.807, 2.05) is 18.2 Å². The number of nitrogens with zero attached hydrogens (tertiary/aromatic N) is 3. The lowest BCUT2D eigenvalue weighted by Crippen LogP contribution is -2.35. The summed E-state index contributed by atoms with van der Waals surface area (Å²) in [6, 6.07) is 9.12. The van der Waals surface area contributed by atoms with Crippen molar-refractivity contribution in [3.63, 3.8) is 0 Å². The molecule has 3 aromatic rings. The molecule has 0 atom stereocenters. The van der Waals surface area contributed by atoms with E-state index in [0.29, 0.717) is 40.2 Å². The number of benzene rings is 2. The zero-order valence-corrected chi connectivity index (χ0v) is 18.0. The van der Waals surface area contributed by atoms with Gasteiger partial charge in [-0.15, -0.1) is 0 Å². The fraction of sp³-hybridized carbons (Fsp3) is 0.286. The second kappa shape index (κ2) is 9.03. The summed E-state index contributed by atoms with van der Waals surface area (Å²) in [5, 5.41) is 6.35. The topological polar surface area (TPSA) is 79.4 Å². The third kappa shape index (κ3) is 4.92. The van der Waals surface area contributed by atoms with Crippen molar-refractivity contribution in [2.24, 2.45) is 0 Å². The van der Waals surface area contributed by atoms with Crippen LogP contribution in [0.15, 0.2) is 41.0 Å². The van der Waals surface area contributed by atoms with Crippen LogP contribution in [0.4, 0.5) is 21.7 Å². The fourth-order valence-corrected chi connectivity index (χ4v) is 3.73. The van der Waals surface area contributed by atoms with Crippen LogP contribution < -0.4 is 10.6 Å². The van der Waals surface area contributed by atoms with Gasteiger partial charge in [-0.3, -0.25) is 9.69 Å². The molecule has 9 heteroatoms. The first-order valence-corrected chi connectivity index (χ1v) is 10.4. The lowest BCUT2D eigenvalue weighted by molar-refractivity contribution is -0.114. The molecule has 156 valence electrons. The largest absolute Gasteiger partial charge is 0.379 e. The number of anilines is 3. The SMILES string of the molecule is CC(=O)Nc1cc(CN2CCOCC2)cc(Nc2ncc3c(F)c(Br)ccc3n2)c1. The second-order valence-corrected chi connectivity index (χ2v) is 7.96. The Kier molecular flexibility index (Phi) is 6.21. The van der Waals surface area contributed by atoms with Crippen LogP contribution in [0.2, 0.25) is 0 Å². The van der Waals surface area contributed by atoms with Crippen LogP contribution in [0.3, 0.4) is 0 Å². The lowest BCUT2D eigenvalue weighted by Gasteiger charge is -2.27. The van der Waals surface area contributed by atoms with Crippen molar-refractivity contribution in [3.05, 3.63) is 52.4 Å². The first-order chi connectivity index (χ1) is 14.5. The quantitative estimate of drug-likeness (QED) is 0.581. The highest BCUT2D eigenvalue weighted by atomic mass is 79.9. The number of carbonyl (C=O) groups is 1. The zero-order valence-electron chi connectivity index (χ0n) is 16.4. The Labute approximate surface area is 181 Å². The molecule has 1 saturated heterocycles. The first-order valence-electron chi connectivity index (χ1n) is 9.57. The van der Waals surface area contributed by atoms with Crippen LogP contribution >= 0.6 is 15.9 Å². The number of aromatic nitrogens is 2. The summed E-state index contributed by atoms with van der Waals surface area (Å²) < 4.78 is 20.0. The van der Waals surface area contributed by atoms with Crippen LogP contribution in [0.25, 0.3) is 10.9 Å². The van der Waals surface area contributed by atoms with E-state index in [1.54, 1.807) is 12.1 Å². The Hall–Kier alpha value is -2.62. The molecular formula is C21H21BrFN5O2. The summed E-state index contributed by atoms with van der Waals surface area (Å²) in [5.74, 6) is -0.187. The molecule has 0 bridgehead atoms. The van der Waals surface area contributed by atoms with Gasteiger partial charge in [0.1, 0.15) is 5.82 Å². The van der Waals surface area contributed by atoms with Crippen molar-refractivity contribution in [2.75, 3.05) is 36.9 Å². The number of rotatable bonds is 5. The fourth-order valence-electron chi connectivity index (χ4n) is 3.38. The normalized spacial score (nSPS) is 14.6. The summed E-state index contributed by atoms with van der Waals surface area (Å²) in [5.41, 5.74) is 2.97. The number of hydrogen-bond donors (Lipinski definition) is 2. The molecule has 0 saturated carbocycles. The van der Waals surface area contributed by atoms with Crippen molar-refractivity contribution >= 4 is 50.1 Å². The number of fused-ring (bicyclic) bond motifs is 1. The van der Waals surface area contributed by atoms with Gasteiger partial charge < -0.3 is 15.4 Å². The molecule has 0 aliphatic carbocycles. The van der Waals surface area contributed by atoms with Crippen molar-refractivity contribution in [1.82, 2.24) is 14.9 Å². The highest BCUT2D eigenvalue weighted by Gasteiger charge is 2.13. The molecular weight excluding hydrogens is 453 g/mol. The Bertz CT molecular complexity index is 1090. The van der Waals surface area contributed by atoms with Crippen molar-refractivity contribution in [1.29, 1.82) is 0 Å². The first kappa shape index (κ1) is 20.6. The van der Waals surface area contributed by atoms with E-state index in [-0.39, 0.29) is 11.7 Å². The average Bonchev–Trinajstić information content (AvgIpc) is 2.71. The Morgan fingerprint density at radius 2 is 2.00 bits per heavy atom. The molecule has 0 radical (unpaired) electrons. The van der Waals surface area contributed by atoms with Crippen molar-refractivity contribution in [2.45, 2.75) is 13.5 Å². The standard InChI is InChI=1S/C21H21BrFN5O2/c1-13(29)25-15-8-14(12-28-4-6-30-7-5-28)9-16(10-15)26-21-24-11-17-19(27-21)3-2-18(22)20(17)23/h2-3,8-11H,4-7,12H2,1H3,(H,25,29)(H,24,26,27). The average molecular weight is 474 g/mol. The number of nitrogens with one attached hydrogen (secondary N) is 2. The van der Waals surface area contributed by atoms with E-state index in [9.17, 15) is 9.18 Å². The van der Waals surface area contributed by atoms with E-state index < -0.39 is 0 Å². The second-order valence-electron chi connectivity index (χ2n) is 7.10. The lowest BCUT2D eigenvalue weighted by atomic mass is 10.1. The summed E-state index contributed by atoms with van der Waals surface area (Å²) in [4.78, 5) is 22.5. The van der Waals surface area contributed by atoms with Crippen molar-refractivity contribution < 1.29 is 13.9 Å². The minimum atomic E-state index is -0.389. The van der Waals surface area contributed by atoms with Gasteiger partial charge in [-0.2, -0.15) is 0 Å². The molecule has 4 rings (SSSR count). The summed E-state index contributed by atoms with van der Waals surface area (Å²) in [6.45, 7) is 5.37. The van der Waals surface area contributed by atoms with Crippen LogP contribution in [0.5, 0.6) is 0 Å². The van der Waals surface area contributed by atoms with Crippen LogP contribution in [0.1, 0.15) is 12.5 Å². The van der Waals surface area contributed by atoms with Gasteiger partial charge in [-0.25, -0.2) is 14.4 Å². The maximum atomic E-state index is 14.2. The number of halogens is 2. The number of hydrogen-bond acceptors (Lipinski definition) is 6. The highest BCUT2D eigenvalue weighted by Crippen LogP contribution is 2.26. The Morgan fingerprint density at radius 3 is 2.77 bits per heavy atom. The third-order valence-electron chi connectivity index (χ3n) is 4.73. The number of morpholine rings is 1. The molecule has 1 aliphatic rings. The molecule has 1 aromatic heterocycles. The number of amides is 1. The Balaban J connectivity index is 1.61. The minimum absolute atomic E-state index is 0.146. The molecule has 30 heavy (non-hydrogen) atoms. The van der Waals surface area contributed by atoms with E-state index >= 15 is 0 Å². The van der Waals surface area contributed by atoms with E-state index in [4.69, 9.17) is 4.74 Å². The zero-order chi connectivity index (χ0) is 21.1. The molecule has 1 fully saturated rings. The molecule has 2 aromatic carbocycles. The van der Waals surface area contributed by atoms with Crippen LogP contribution in [0, 0.1) is 5.82 Å². The van der Waals surface area contributed by atoms with Gasteiger partial charge in [0.25, 0.3) is 0 Å². The van der Waals surface area contributed by atoms with Gasteiger partial charge >= 0.3 is 0 Å². The minimum Gasteiger partial charge on any atom is -0.379 e. The Morgan fingerprint density at radius 1 is 1.23 bits per heavy atom. The molecule has 7 nitrogen and oxygen atoms in total. The van der Waals surface area contributed by atoms with E-state index in [1.165, 1.54) is 13.1 Å². The molecule has 0 spiro atoms.